The third kappa shape index (κ3) is 4.59. The number of ether oxygens (including phenoxy) is 3. The fourth-order valence-electron chi connectivity index (χ4n) is 3.67. The van der Waals surface area contributed by atoms with Crippen molar-refractivity contribution in [2.45, 2.75) is 19.9 Å². The first-order valence-electron chi connectivity index (χ1n) is 10.5. The van der Waals surface area contributed by atoms with Crippen LogP contribution in [-0.2, 0) is 19.1 Å². The number of benzene rings is 1. The SMILES string of the molecule is CCOC(=O)COc1ccccc1C1C(C(=O)OC)=C(C)N=c2s/c(=C\c3cccs3)c(=O)n21. The molecule has 0 fully saturated rings. The van der Waals surface area contributed by atoms with Gasteiger partial charge in [0.15, 0.2) is 11.4 Å². The van der Waals surface area contributed by atoms with Gasteiger partial charge in [-0.2, -0.15) is 0 Å². The monoisotopic (exact) mass is 498 g/mol. The van der Waals surface area contributed by atoms with Crippen LogP contribution < -0.4 is 19.6 Å². The maximum absolute atomic E-state index is 13.5. The second-order valence-electron chi connectivity index (χ2n) is 7.22. The lowest BCUT2D eigenvalue weighted by Gasteiger charge is -2.26. The van der Waals surface area contributed by atoms with Gasteiger partial charge in [0.1, 0.15) is 11.8 Å². The Bertz CT molecular complexity index is 1430. The molecule has 1 atom stereocenters. The van der Waals surface area contributed by atoms with E-state index < -0.39 is 18.0 Å². The summed E-state index contributed by atoms with van der Waals surface area (Å²) in [7, 11) is 1.28. The number of aromatic nitrogens is 1. The van der Waals surface area contributed by atoms with E-state index in [1.807, 2.05) is 23.6 Å². The van der Waals surface area contributed by atoms with E-state index in [9.17, 15) is 14.4 Å². The fourth-order valence-corrected chi connectivity index (χ4v) is 5.44. The Labute approximate surface area is 203 Å². The minimum atomic E-state index is -0.840. The highest BCUT2D eigenvalue weighted by Crippen LogP contribution is 2.35. The highest BCUT2D eigenvalue weighted by molar-refractivity contribution is 7.11. The molecule has 0 saturated carbocycles. The van der Waals surface area contributed by atoms with Gasteiger partial charge in [0.05, 0.1) is 29.5 Å². The fraction of sp³-hybridized carbons (Fsp3) is 0.250. The summed E-state index contributed by atoms with van der Waals surface area (Å²) < 4.78 is 17.7. The van der Waals surface area contributed by atoms with E-state index in [1.165, 1.54) is 34.4 Å². The number of esters is 2. The predicted molar refractivity (Wildman–Crippen MR) is 129 cm³/mol. The molecule has 1 unspecified atom stereocenters. The highest BCUT2D eigenvalue weighted by Gasteiger charge is 2.34. The van der Waals surface area contributed by atoms with E-state index in [0.29, 0.717) is 26.3 Å². The molecular formula is C24H22N2O6S2. The van der Waals surface area contributed by atoms with Gasteiger partial charge < -0.3 is 14.2 Å². The third-order valence-corrected chi connectivity index (χ3v) is 6.91. The first kappa shape index (κ1) is 23.7. The number of para-hydroxylation sites is 1. The summed E-state index contributed by atoms with van der Waals surface area (Å²) in [5, 5.41) is 1.93. The Hall–Kier alpha value is -3.50. The normalized spacial score (nSPS) is 15.5. The number of allylic oxidation sites excluding steroid dienone is 1. The molecule has 2 aromatic heterocycles. The number of hydrogen-bond acceptors (Lipinski definition) is 9. The van der Waals surface area contributed by atoms with E-state index in [-0.39, 0.29) is 24.3 Å². The number of carbonyl (C=O) groups is 2. The van der Waals surface area contributed by atoms with Crippen molar-refractivity contribution in [3.05, 3.63) is 83.2 Å². The zero-order valence-electron chi connectivity index (χ0n) is 18.8. The van der Waals surface area contributed by atoms with Gasteiger partial charge in [-0.15, -0.1) is 11.3 Å². The Morgan fingerprint density at radius 2 is 2.00 bits per heavy atom. The lowest BCUT2D eigenvalue weighted by molar-refractivity contribution is -0.145. The Morgan fingerprint density at radius 3 is 2.71 bits per heavy atom. The van der Waals surface area contributed by atoms with Gasteiger partial charge in [-0.3, -0.25) is 9.36 Å². The third-order valence-electron chi connectivity index (χ3n) is 5.11. The second kappa shape index (κ2) is 10.2. The van der Waals surface area contributed by atoms with Crippen molar-refractivity contribution in [2.24, 2.45) is 4.99 Å². The van der Waals surface area contributed by atoms with Gasteiger partial charge in [-0.1, -0.05) is 35.6 Å². The van der Waals surface area contributed by atoms with Crippen LogP contribution in [0.4, 0.5) is 0 Å². The van der Waals surface area contributed by atoms with Gasteiger partial charge in [0.25, 0.3) is 5.56 Å². The molecule has 3 aromatic rings. The van der Waals surface area contributed by atoms with Crippen molar-refractivity contribution in [1.82, 2.24) is 4.57 Å². The smallest absolute Gasteiger partial charge is 0.344 e. The molecule has 176 valence electrons. The van der Waals surface area contributed by atoms with Crippen LogP contribution in [0.2, 0.25) is 0 Å². The Kier molecular flexibility index (Phi) is 7.09. The number of nitrogens with zero attached hydrogens (tertiary/aromatic N) is 2. The van der Waals surface area contributed by atoms with Crippen molar-refractivity contribution in [3.63, 3.8) is 0 Å². The topological polar surface area (TPSA) is 96.2 Å². The van der Waals surface area contributed by atoms with Crippen molar-refractivity contribution >= 4 is 40.7 Å². The van der Waals surface area contributed by atoms with E-state index >= 15 is 0 Å². The molecule has 10 heteroatoms. The molecule has 0 saturated heterocycles. The predicted octanol–water partition coefficient (Wildman–Crippen LogP) is 2.41. The van der Waals surface area contributed by atoms with Crippen molar-refractivity contribution in [3.8, 4) is 5.75 Å². The number of hydrogen-bond donors (Lipinski definition) is 0. The lowest BCUT2D eigenvalue weighted by Crippen LogP contribution is -2.40. The second-order valence-corrected chi connectivity index (χ2v) is 9.21. The maximum Gasteiger partial charge on any atom is 0.344 e. The molecule has 1 aliphatic rings. The summed E-state index contributed by atoms with van der Waals surface area (Å²) in [4.78, 5) is 44.2. The maximum atomic E-state index is 13.5. The minimum absolute atomic E-state index is 0.227. The number of methoxy groups -OCH3 is 1. The number of thiophene rings is 1. The van der Waals surface area contributed by atoms with Crippen LogP contribution in [0, 0.1) is 0 Å². The Balaban J connectivity index is 1.90. The van der Waals surface area contributed by atoms with Gasteiger partial charge in [-0.25, -0.2) is 14.6 Å². The quantitative estimate of drug-likeness (QED) is 0.464. The Morgan fingerprint density at radius 1 is 1.21 bits per heavy atom. The molecule has 1 aliphatic heterocycles. The summed E-state index contributed by atoms with van der Waals surface area (Å²) in [5.41, 5.74) is 0.923. The summed E-state index contributed by atoms with van der Waals surface area (Å²) >= 11 is 2.77. The number of fused-ring (bicyclic) bond motifs is 1. The van der Waals surface area contributed by atoms with E-state index in [1.54, 1.807) is 38.1 Å². The van der Waals surface area contributed by atoms with Crippen LogP contribution in [0.25, 0.3) is 6.08 Å². The molecule has 0 aliphatic carbocycles. The molecule has 3 heterocycles. The summed E-state index contributed by atoms with van der Waals surface area (Å²) in [6.07, 6.45) is 1.81. The molecule has 1 aromatic carbocycles. The van der Waals surface area contributed by atoms with Crippen molar-refractivity contribution < 1.29 is 23.8 Å². The highest BCUT2D eigenvalue weighted by atomic mass is 32.1. The molecule has 0 amide bonds. The number of thiazole rings is 1. The minimum Gasteiger partial charge on any atom is -0.482 e. The van der Waals surface area contributed by atoms with Gasteiger partial charge >= 0.3 is 11.9 Å². The zero-order valence-corrected chi connectivity index (χ0v) is 20.4. The molecule has 0 spiro atoms. The number of rotatable bonds is 7. The average molecular weight is 499 g/mol. The molecule has 0 bridgehead atoms. The number of carbonyl (C=O) groups excluding carboxylic acids is 2. The molecule has 0 N–H and O–H groups in total. The van der Waals surface area contributed by atoms with Crippen molar-refractivity contribution in [2.75, 3.05) is 20.3 Å². The molecular weight excluding hydrogens is 476 g/mol. The largest absolute Gasteiger partial charge is 0.482 e. The first-order chi connectivity index (χ1) is 16.4. The van der Waals surface area contributed by atoms with E-state index in [0.717, 1.165) is 4.88 Å². The van der Waals surface area contributed by atoms with Crippen molar-refractivity contribution in [1.29, 1.82) is 0 Å². The summed E-state index contributed by atoms with van der Waals surface area (Å²) in [5.74, 6) is -0.763. The van der Waals surface area contributed by atoms with Crippen LogP contribution in [0.1, 0.15) is 30.3 Å². The van der Waals surface area contributed by atoms with Crippen LogP contribution >= 0.6 is 22.7 Å². The standard InChI is InChI=1S/C24H22N2O6S2/c1-4-31-19(27)13-32-17-10-6-5-9-16(17)21-20(23(29)30-3)14(2)25-24-26(21)22(28)18(34-24)12-15-8-7-11-33-15/h5-12,21H,4,13H2,1-3H3/b18-12-. The average Bonchev–Trinajstić information content (AvgIpc) is 3.45. The summed E-state index contributed by atoms with van der Waals surface area (Å²) in [6.45, 7) is 3.35. The zero-order chi connectivity index (χ0) is 24.2. The van der Waals surface area contributed by atoms with Crippen LogP contribution in [0.3, 0.4) is 0 Å². The first-order valence-corrected chi connectivity index (χ1v) is 12.2. The molecule has 34 heavy (non-hydrogen) atoms. The van der Waals surface area contributed by atoms with Crippen LogP contribution in [-0.4, -0.2) is 36.8 Å². The van der Waals surface area contributed by atoms with Crippen LogP contribution in [0.5, 0.6) is 5.75 Å². The van der Waals surface area contributed by atoms with Gasteiger partial charge in [-0.05, 0) is 37.4 Å². The molecule has 8 nitrogen and oxygen atoms in total. The summed E-state index contributed by atoms with van der Waals surface area (Å²) in [6, 6.07) is 9.95. The van der Waals surface area contributed by atoms with Crippen LogP contribution in [0.15, 0.2) is 62.8 Å². The van der Waals surface area contributed by atoms with Gasteiger partial charge in [0, 0.05) is 10.4 Å². The van der Waals surface area contributed by atoms with Gasteiger partial charge in [0.2, 0.25) is 0 Å². The molecule has 0 radical (unpaired) electrons. The molecule has 4 rings (SSSR count). The van der Waals surface area contributed by atoms with E-state index in [4.69, 9.17) is 14.2 Å². The lowest BCUT2D eigenvalue weighted by atomic mass is 9.95. The van der Waals surface area contributed by atoms with E-state index in [2.05, 4.69) is 4.99 Å².